The molecule has 0 spiro atoms. The van der Waals surface area contributed by atoms with Gasteiger partial charge >= 0.3 is 0 Å². The molecule has 7 nitrogen and oxygen atoms in total. The molecule has 0 aromatic heterocycles. The molecule has 4 rings (SSSR count). The fourth-order valence-corrected chi connectivity index (χ4v) is 3.78. The third kappa shape index (κ3) is 3.82. The molecule has 0 fully saturated rings. The smallest absolute Gasteiger partial charge is 0.254 e. The number of nitrogens with two attached hydrogens (primary N) is 2. The van der Waals surface area contributed by atoms with Crippen LogP contribution in [0, 0.1) is 11.3 Å². The lowest BCUT2D eigenvalue weighted by Gasteiger charge is -2.18. The summed E-state index contributed by atoms with van der Waals surface area (Å²) >= 11 is 0. The molecule has 0 bridgehead atoms. The predicted molar refractivity (Wildman–Crippen MR) is 119 cm³/mol. The first-order valence-corrected chi connectivity index (χ1v) is 9.75. The van der Waals surface area contributed by atoms with E-state index in [-0.39, 0.29) is 19.1 Å². The molecular formula is C24H22N4O3. The van der Waals surface area contributed by atoms with E-state index in [4.69, 9.17) is 21.5 Å². The molecule has 1 aliphatic rings. The van der Waals surface area contributed by atoms with Gasteiger partial charge in [-0.05, 0) is 57.3 Å². The number of carbonyl (C=O) groups excluding carboxylic acids is 1. The van der Waals surface area contributed by atoms with E-state index in [1.54, 1.807) is 17.0 Å². The molecule has 31 heavy (non-hydrogen) atoms. The number of aliphatic hydroxyl groups excluding tert-OH is 1. The molecule has 5 N–H and O–H groups in total. The average Bonchev–Trinajstić information content (AvgIpc) is 3.08. The summed E-state index contributed by atoms with van der Waals surface area (Å²) in [6, 6.07) is 17.2. The van der Waals surface area contributed by atoms with Gasteiger partial charge < -0.3 is 26.2 Å². The summed E-state index contributed by atoms with van der Waals surface area (Å²) in [5.74, 6) is 0.349. The Labute approximate surface area is 179 Å². The SMILES string of the molecule is C=C(CN1Cc2c(ccc3ccc(-c4ccc(N)c(OCC#N)c4)cc23)C1=O)C(N)O. The quantitative estimate of drug-likeness (QED) is 0.323. The fraction of sp³-hybridized carbons (Fsp3) is 0.167. The maximum Gasteiger partial charge on any atom is 0.254 e. The van der Waals surface area contributed by atoms with Gasteiger partial charge in [-0.2, -0.15) is 5.26 Å². The highest BCUT2D eigenvalue weighted by Gasteiger charge is 2.29. The Kier molecular flexibility index (Phi) is 5.34. The van der Waals surface area contributed by atoms with E-state index in [2.05, 4.69) is 6.58 Å². The molecule has 156 valence electrons. The van der Waals surface area contributed by atoms with Crippen LogP contribution in [-0.4, -0.2) is 35.3 Å². The van der Waals surface area contributed by atoms with Crippen molar-refractivity contribution in [2.75, 3.05) is 18.9 Å². The average molecular weight is 414 g/mol. The van der Waals surface area contributed by atoms with E-state index < -0.39 is 6.23 Å². The molecule has 0 saturated carbocycles. The Morgan fingerprint density at radius 2 is 1.94 bits per heavy atom. The second kappa shape index (κ2) is 8.11. The molecule has 1 heterocycles. The number of aliphatic hydroxyl groups is 1. The van der Waals surface area contributed by atoms with Crippen LogP contribution in [0.25, 0.3) is 21.9 Å². The topological polar surface area (TPSA) is 126 Å². The molecular weight excluding hydrogens is 392 g/mol. The van der Waals surface area contributed by atoms with Crippen LogP contribution in [0.3, 0.4) is 0 Å². The Balaban J connectivity index is 1.73. The second-order valence-corrected chi connectivity index (χ2v) is 7.49. The van der Waals surface area contributed by atoms with E-state index in [9.17, 15) is 9.90 Å². The van der Waals surface area contributed by atoms with Gasteiger partial charge in [-0.15, -0.1) is 0 Å². The third-order valence-corrected chi connectivity index (χ3v) is 5.45. The molecule has 7 heteroatoms. The Morgan fingerprint density at radius 3 is 2.68 bits per heavy atom. The summed E-state index contributed by atoms with van der Waals surface area (Å²) < 4.78 is 5.42. The number of nitrogen functional groups attached to an aromatic ring is 1. The summed E-state index contributed by atoms with van der Waals surface area (Å²) in [7, 11) is 0. The Hall–Kier alpha value is -3.86. The number of fused-ring (bicyclic) bond motifs is 3. The van der Waals surface area contributed by atoms with Crippen molar-refractivity contribution in [3.8, 4) is 22.9 Å². The van der Waals surface area contributed by atoms with Crippen molar-refractivity contribution < 1.29 is 14.6 Å². The Bertz CT molecular complexity index is 1240. The van der Waals surface area contributed by atoms with Crippen LogP contribution < -0.4 is 16.2 Å². The van der Waals surface area contributed by atoms with E-state index in [0.29, 0.717) is 29.1 Å². The van der Waals surface area contributed by atoms with E-state index in [1.165, 1.54) is 0 Å². The van der Waals surface area contributed by atoms with Gasteiger partial charge in [0.05, 0.1) is 5.69 Å². The molecule has 1 unspecified atom stereocenters. The lowest BCUT2D eigenvalue weighted by molar-refractivity contribution is 0.0782. The highest BCUT2D eigenvalue weighted by Crippen LogP contribution is 2.35. The first kappa shape index (κ1) is 20.4. The highest BCUT2D eigenvalue weighted by molar-refractivity contribution is 6.05. The second-order valence-electron chi connectivity index (χ2n) is 7.49. The summed E-state index contributed by atoms with van der Waals surface area (Å²) in [6.45, 7) is 4.29. The van der Waals surface area contributed by atoms with Crippen LogP contribution in [0.4, 0.5) is 5.69 Å². The van der Waals surface area contributed by atoms with Gasteiger partial charge in [-0.3, -0.25) is 4.79 Å². The van der Waals surface area contributed by atoms with E-state index in [1.807, 2.05) is 42.5 Å². The van der Waals surface area contributed by atoms with Crippen molar-refractivity contribution in [2.24, 2.45) is 5.73 Å². The van der Waals surface area contributed by atoms with Gasteiger partial charge in [0.1, 0.15) is 18.0 Å². The van der Waals surface area contributed by atoms with Crippen molar-refractivity contribution >= 4 is 22.4 Å². The lowest BCUT2D eigenvalue weighted by Crippen LogP contribution is -2.32. The number of nitriles is 1. The van der Waals surface area contributed by atoms with Gasteiger partial charge in [0, 0.05) is 18.7 Å². The molecule has 0 radical (unpaired) electrons. The number of carbonyl (C=O) groups is 1. The van der Waals surface area contributed by atoms with E-state index >= 15 is 0 Å². The lowest BCUT2D eigenvalue weighted by atomic mass is 9.96. The Morgan fingerprint density at radius 1 is 1.23 bits per heavy atom. The molecule has 1 amide bonds. The first-order valence-electron chi connectivity index (χ1n) is 9.75. The molecule has 0 aliphatic carbocycles. The van der Waals surface area contributed by atoms with Crippen molar-refractivity contribution in [1.29, 1.82) is 5.26 Å². The normalized spacial score (nSPS) is 13.7. The zero-order valence-corrected chi connectivity index (χ0v) is 16.8. The standard InChI is InChI=1S/C24H22N4O3/c1-14(23(27)29)12-28-13-20-18(24(28)30)6-4-15-2-3-16(10-19(15)20)17-5-7-21(26)22(11-17)31-9-8-25/h2-7,10-11,23,29H,1,9,12-13,26-27H2. The monoisotopic (exact) mass is 414 g/mol. The van der Waals surface area contributed by atoms with Crippen molar-refractivity contribution in [2.45, 2.75) is 12.8 Å². The fourth-order valence-electron chi connectivity index (χ4n) is 3.78. The number of hydrogen-bond acceptors (Lipinski definition) is 6. The molecule has 1 atom stereocenters. The number of hydrogen-bond donors (Lipinski definition) is 3. The van der Waals surface area contributed by atoms with Crippen LogP contribution >= 0.6 is 0 Å². The van der Waals surface area contributed by atoms with Gasteiger partial charge in [0.2, 0.25) is 0 Å². The third-order valence-electron chi connectivity index (χ3n) is 5.45. The number of rotatable bonds is 6. The number of nitrogens with zero attached hydrogens (tertiary/aromatic N) is 2. The highest BCUT2D eigenvalue weighted by atomic mass is 16.5. The maximum absolute atomic E-state index is 12.8. The summed E-state index contributed by atoms with van der Waals surface area (Å²) in [4.78, 5) is 14.5. The molecule has 3 aromatic carbocycles. The maximum atomic E-state index is 12.8. The minimum Gasteiger partial charge on any atom is -0.477 e. The molecule has 1 aliphatic heterocycles. The van der Waals surface area contributed by atoms with Gasteiger partial charge in [-0.1, -0.05) is 30.8 Å². The summed E-state index contributed by atoms with van der Waals surface area (Å²) in [5, 5.41) is 20.3. The van der Waals surface area contributed by atoms with Crippen molar-refractivity contribution in [3.63, 3.8) is 0 Å². The van der Waals surface area contributed by atoms with Crippen LogP contribution in [0.15, 0.2) is 60.7 Å². The molecule has 0 saturated heterocycles. The first-order chi connectivity index (χ1) is 14.9. The zero-order valence-electron chi connectivity index (χ0n) is 16.8. The van der Waals surface area contributed by atoms with Crippen molar-refractivity contribution in [3.05, 3.63) is 71.8 Å². The summed E-state index contributed by atoms with van der Waals surface area (Å²) in [6.07, 6.45) is -1.16. The van der Waals surface area contributed by atoms with Crippen LogP contribution in [0.2, 0.25) is 0 Å². The number of anilines is 1. The minimum absolute atomic E-state index is 0.0837. The van der Waals surface area contributed by atoms with E-state index in [0.717, 1.165) is 27.5 Å². The van der Waals surface area contributed by atoms with Crippen molar-refractivity contribution in [1.82, 2.24) is 4.90 Å². The van der Waals surface area contributed by atoms with Crippen LogP contribution in [-0.2, 0) is 6.54 Å². The minimum atomic E-state index is -1.16. The van der Waals surface area contributed by atoms with Crippen LogP contribution in [0.5, 0.6) is 5.75 Å². The van der Waals surface area contributed by atoms with Gasteiger partial charge in [0.25, 0.3) is 5.91 Å². The predicted octanol–water partition coefficient (Wildman–Crippen LogP) is 2.78. The molecule has 3 aromatic rings. The number of benzene rings is 3. The zero-order chi connectivity index (χ0) is 22.1. The number of amides is 1. The summed E-state index contributed by atoms with van der Waals surface area (Å²) in [5.41, 5.74) is 15.7. The van der Waals surface area contributed by atoms with Crippen LogP contribution in [0.1, 0.15) is 15.9 Å². The van der Waals surface area contributed by atoms with Gasteiger partial charge in [-0.25, -0.2) is 0 Å². The van der Waals surface area contributed by atoms with Gasteiger partial charge in [0.15, 0.2) is 6.61 Å². The largest absolute Gasteiger partial charge is 0.477 e. The number of ether oxygens (including phenoxy) is 1.